The summed E-state index contributed by atoms with van der Waals surface area (Å²) in [7, 11) is 0. The van der Waals surface area contributed by atoms with Crippen LogP contribution in [-0.2, 0) is 5.41 Å². The molecule has 0 bridgehead atoms. The molecule has 0 amide bonds. The minimum absolute atomic E-state index is 0.176. The van der Waals surface area contributed by atoms with E-state index in [0.717, 1.165) is 11.4 Å². The molecular formula is C59H41NS. The summed E-state index contributed by atoms with van der Waals surface area (Å²) in [5.41, 5.74) is 15.9. The molecular weight excluding hydrogens is 755 g/mol. The van der Waals surface area contributed by atoms with Crippen LogP contribution in [-0.4, -0.2) is 0 Å². The van der Waals surface area contributed by atoms with Gasteiger partial charge in [-0.25, -0.2) is 0 Å². The lowest BCUT2D eigenvalue weighted by Gasteiger charge is -2.33. The van der Waals surface area contributed by atoms with Gasteiger partial charge >= 0.3 is 0 Å². The molecule has 2 heteroatoms. The summed E-state index contributed by atoms with van der Waals surface area (Å²) in [6.45, 7) is 4.77. The molecule has 11 aromatic rings. The maximum absolute atomic E-state index is 2.61. The van der Waals surface area contributed by atoms with E-state index >= 15 is 0 Å². The van der Waals surface area contributed by atoms with Gasteiger partial charge < -0.3 is 4.90 Å². The van der Waals surface area contributed by atoms with Gasteiger partial charge in [0.15, 0.2) is 0 Å². The van der Waals surface area contributed by atoms with E-state index in [2.05, 4.69) is 231 Å². The van der Waals surface area contributed by atoms with Gasteiger partial charge in [0, 0.05) is 47.8 Å². The van der Waals surface area contributed by atoms with Gasteiger partial charge in [0.1, 0.15) is 0 Å². The summed E-state index contributed by atoms with van der Waals surface area (Å²) in [4.78, 5) is 2.61. The standard InChI is InChI=1S/C59H41NS/c1-59(2)50-27-15-13-23-45(50)46-34-33-42(37-51(46)59)60(58-48-25-12-10-22-44(48)43-21-9-11-24-47(43)55(58)40-19-7-4-8-20-40)52-35-36-54-57(49-26-14-16-28-53(49)61-54)56(52)41-31-29-39(30-32-41)38-17-5-3-6-18-38/h3-37H,1-2H3. The SMILES string of the molecule is CC1(C)c2ccccc2-c2ccc(N(c3ccc4sc5ccccc5c4c3-c3ccc(-c4ccccc4)cc3)c3c(-c4ccccc4)c4ccccc4c4ccccc34)cc21. The van der Waals surface area contributed by atoms with Gasteiger partial charge in [-0.3, -0.25) is 0 Å². The van der Waals surface area contributed by atoms with Gasteiger partial charge in [-0.05, 0) is 91.0 Å². The zero-order chi connectivity index (χ0) is 40.7. The number of fused-ring (bicyclic) bond motifs is 9. The quantitative estimate of drug-likeness (QED) is 0.152. The smallest absolute Gasteiger partial charge is 0.0625 e. The van der Waals surface area contributed by atoms with Gasteiger partial charge in [-0.1, -0.05) is 196 Å². The molecule has 0 fully saturated rings. The van der Waals surface area contributed by atoms with E-state index < -0.39 is 0 Å². The van der Waals surface area contributed by atoms with Crippen LogP contribution < -0.4 is 4.90 Å². The molecule has 0 saturated carbocycles. The molecule has 0 aliphatic heterocycles. The van der Waals surface area contributed by atoms with E-state index in [1.54, 1.807) is 0 Å². The maximum Gasteiger partial charge on any atom is 0.0625 e. The van der Waals surface area contributed by atoms with Crippen LogP contribution in [0.2, 0.25) is 0 Å². The fraction of sp³-hybridized carbons (Fsp3) is 0.0508. The molecule has 0 N–H and O–H groups in total. The highest BCUT2D eigenvalue weighted by atomic mass is 32.1. The zero-order valence-electron chi connectivity index (χ0n) is 34.1. The van der Waals surface area contributed by atoms with Crippen molar-refractivity contribution in [3.63, 3.8) is 0 Å². The molecule has 0 unspecified atom stereocenters. The summed E-state index contributed by atoms with van der Waals surface area (Å²) >= 11 is 1.88. The molecule has 1 nitrogen and oxygen atoms in total. The summed E-state index contributed by atoms with van der Waals surface area (Å²) in [5, 5.41) is 7.50. The molecule has 12 rings (SSSR count). The molecule has 10 aromatic carbocycles. The fourth-order valence-electron chi connectivity index (χ4n) is 10.2. The highest BCUT2D eigenvalue weighted by molar-refractivity contribution is 7.26. The predicted octanol–water partition coefficient (Wildman–Crippen LogP) is 17.1. The number of hydrogen-bond donors (Lipinski definition) is 0. The first-order valence-corrected chi connectivity index (χ1v) is 22.0. The molecule has 61 heavy (non-hydrogen) atoms. The van der Waals surface area contributed by atoms with E-state index in [1.165, 1.54) is 103 Å². The minimum Gasteiger partial charge on any atom is -0.309 e. The normalized spacial score (nSPS) is 12.9. The van der Waals surface area contributed by atoms with E-state index in [1.807, 2.05) is 11.3 Å². The van der Waals surface area contributed by atoms with Crippen molar-refractivity contribution in [2.24, 2.45) is 0 Å². The van der Waals surface area contributed by atoms with Crippen LogP contribution in [0.4, 0.5) is 17.1 Å². The zero-order valence-corrected chi connectivity index (χ0v) is 34.9. The molecule has 1 heterocycles. The topological polar surface area (TPSA) is 3.24 Å². The first kappa shape index (κ1) is 35.7. The number of anilines is 3. The van der Waals surface area contributed by atoms with Crippen LogP contribution in [0.5, 0.6) is 0 Å². The Kier molecular flexibility index (Phi) is 8.13. The van der Waals surface area contributed by atoms with Crippen LogP contribution in [0.25, 0.3) is 86.2 Å². The second kappa shape index (κ2) is 13.9. The lowest BCUT2D eigenvalue weighted by Crippen LogP contribution is -2.17. The second-order valence-electron chi connectivity index (χ2n) is 16.8. The number of rotatable bonds is 6. The molecule has 1 aromatic heterocycles. The van der Waals surface area contributed by atoms with Crippen molar-refractivity contribution < 1.29 is 0 Å². The van der Waals surface area contributed by atoms with Crippen LogP contribution in [0.1, 0.15) is 25.0 Å². The molecule has 0 radical (unpaired) electrons. The monoisotopic (exact) mass is 795 g/mol. The number of nitrogens with zero attached hydrogens (tertiary/aromatic N) is 1. The molecule has 0 atom stereocenters. The van der Waals surface area contributed by atoms with Crippen molar-refractivity contribution in [3.8, 4) is 44.5 Å². The van der Waals surface area contributed by atoms with Crippen molar-refractivity contribution in [1.29, 1.82) is 0 Å². The van der Waals surface area contributed by atoms with Crippen molar-refractivity contribution in [3.05, 3.63) is 223 Å². The van der Waals surface area contributed by atoms with Gasteiger partial charge in [-0.2, -0.15) is 0 Å². The third-order valence-corrected chi connectivity index (χ3v) is 14.2. The van der Waals surface area contributed by atoms with Crippen LogP contribution in [0.3, 0.4) is 0 Å². The van der Waals surface area contributed by atoms with Crippen molar-refractivity contribution in [2.75, 3.05) is 4.90 Å². The Morgan fingerprint density at radius 1 is 0.377 bits per heavy atom. The Labute approximate surface area is 360 Å². The first-order chi connectivity index (χ1) is 30.0. The number of benzene rings is 10. The van der Waals surface area contributed by atoms with Crippen LogP contribution in [0, 0.1) is 0 Å². The third kappa shape index (κ3) is 5.53. The Bertz CT molecular complexity index is 3490. The summed E-state index contributed by atoms with van der Waals surface area (Å²) in [6, 6.07) is 78.8. The van der Waals surface area contributed by atoms with E-state index in [0.29, 0.717) is 0 Å². The van der Waals surface area contributed by atoms with Crippen molar-refractivity contribution in [2.45, 2.75) is 19.3 Å². The largest absolute Gasteiger partial charge is 0.309 e. The van der Waals surface area contributed by atoms with E-state index in [4.69, 9.17) is 0 Å². The highest BCUT2D eigenvalue weighted by Gasteiger charge is 2.36. The fourth-order valence-corrected chi connectivity index (χ4v) is 11.3. The van der Waals surface area contributed by atoms with Gasteiger partial charge in [0.05, 0.1) is 11.4 Å². The van der Waals surface area contributed by atoms with E-state index in [9.17, 15) is 0 Å². The lowest BCUT2D eigenvalue weighted by atomic mass is 9.82. The van der Waals surface area contributed by atoms with Gasteiger partial charge in [0.2, 0.25) is 0 Å². The molecule has 0 spiro atoms. The van der Waals surface area contributed by atoms with Gasteiger partial charge in [-0.15, -0.1) is 11.3 Å². The van der Waals surface area contributed by atoms with E-state index in [-0.39, 0.29) is 5.41 Å². The maximum atomic E-state index is 2.61. The number of hydrogen-bond acceptors (Lipinski definition) is 2. The minimum atomic E-state index is -0.176. The Balaban J connectivity index is 1.24. The van der Waals surface area contributed by atoms with Crippen LogP contribution >= 0.6 is 11.3 Å². The molecule has 0 saturated heterocycles. The lowest BCUT2D eigenvalue weighted by molar-refractivity contribution is 0.660. The van der Waals surface area contributed by atoms with Crippen molar-refractivity contribution >= 4 is 70.1 Å². The van der Waals surface area contributed by atoms with Crippen LogP contribution in [0.15, 0.2) is 212 Å². The third-order valence-electron chi connectivity index (χ3n) is 13.1. The van der Waals surface area contributed by atoms with Gasteiger partial charge in [0.25, 0.3) is 0 Å². The highest BCUT2D eigenvalue weighted by Crippen LogP contribution is 2.56. The average molecular weight is 796 g/mol. The molecule has 1 aliphatic carbocycles. The predicted molar refractivity (Wildman–Crippen MR) is 263 cm³/mol. The summed E-state index contributed by atoms with van der Waals surface area (Å²) < 4.78 is 2.57. The first-order valence-electron chi connectivity index (χ1n) is 21.2. The Morgan fingerprint density at radius 3 is 1.67 bits per heavy atom. The average Bonchev–Trinajstić information content (AvgIpc) is 3.81. The summed E-state index contributed by atoms with van der Waals surface area (Å²) in [6.07, 6.45) is 0. The Hall–Kier alpha value is -7.26. The molecule has 1 aliphatic rings. The van der Waals surface area contributed by atoms with Crippen molar-refractivity contribution in [1.82, 2.24) is 0 Å². The number of thiophene rings is 1. The second-order valence-corrected chi connectivity index (χ2v) is 17.9. The summed E-state index contributed by atoms with van der Waals surface area (Å²) in [5.74, 6) is 0. The molecule has 288 valence electrons. The Morgan fingerprint density at radius 2 is 0.918 bits per heavy atom.